The Labute approximate surface area is 165 Å². The molecule has 0 saturated heterocycles. The van der Waals surface area contributed by atoms with Crippen LogP contribution in [0.25, 0.3) is 10.8 Å². The van der Waals surface area contributed by atoms with Crippen molar-refractivity contribution in [2.75, 3.05) is 12.3 Å². The number of carbonyl (C=O) groups excluding carboxylic acids is 1. The molecule has 4 heteroatoms. The molecular formula is C23H25NO2S. The highest BCUT2D eigenvalue weighted by atomic mass is 32.2. The number of hydrogen-bond donors (Lipinski definition) is 1. The van der Waals surface area contributed by atoms with Crippen molar-refractivity contribution in [1.82, 2.24) is 5.32 Å². The van der Waals surface area contributed by atoms with Gasteiger partial charge in [-0.2, -0.15) is 11.8 Å². The fraction of sp³-hybridized carbons (Fsp3) is 0.261. The second-order valence-electron chi connectivity index (χ2n) is 6.60. The molecule has 3 rings (SSSR count). The topological polar surface area (TPSA) is 38.3 Å². The number of ether oxygens (including phenoxy) is 1. The quantitative estimate of drug-likeness (QED) is 0.562. The van der Waals surface area contributed by atoms with E-state index in [1.807, 2.05) is 48.2 Å². The van der Waals surface area contributed by atoms with Crippen molar-refractivity contribution in [2.45, 2.75) is 25.7 Å². The number of nitrogens with one attached hydrogen (secondary N) is 1. The van der Waals surface area contributed by atoms with E-state index in [0.29, 0.717) is 12.3 Å². The van der Waals surface area contributed by atoms with Gasteiger partial charge in [0, 0.05) is 18.1 Å². The van der Waals surface area contributed by atoms with Gasteiger partial charge in [-0.05, 0) is 42.3 Å². The standard InChI is InChI=1S/C23H25NO2S/c1-17-7-9-19(10-8-17)16-27-14-13-24-23(25)18(2)26-22-12-11-20-5-3-4-6-21(20)15-22/h3-12,15,18H,13-14,16H2,1-2H3,(H,24,25). The molecule has 0 aliphatic rings. The summed E-state index contributed by atoms with van der Waals surface area (Å²) in [4.78, 5) is 12.2. The molecule has 0 aliphatic heterocycles. The molecule has 1 N–H and O–H groups in total. The fourth-order valence-electron chi connectivity index (χ4n) is 2.76. The lowest BCUT2D eigenvalue weighted by atomic mass is 10.1. The van der Waals surface area contributed by atoms with Gasteiger partial charge in [0.05, 0.1) is 0 Å². The van der Waals surface area contributed by atoms with Gasteiger partial charge in [-0.3, -0.25) is 4.79 Å². The summed E-state index contributed by atoms with van der Waals surface area (Å²) in [6, 6.07) is 22.6. The molecule has 0 saturated carbocycles. The van der Waals surface area contributed by atoms with Crippen molar-refractivity contribution in [2.24, 2.45) is 0 Å². The maximum Gasteiger partial charge on any atom is 0.260 e. The molecule has 1 amide bonds. The highest BCUT2D eigenvalue weighted by molar-refractivity contribution is 7.98. The van der Waals surface area contributed by atoms with Gasteiger partial charge in [0.1, 0.15) is 5.75 Å². The molecule has 0 fully saturated rings. The summed E-state index contributed by atoms with van der Waals surface area (Å²) in [7, 11) is 0. The van der Waals surface area contributed by atoms with Gasteiger partial charge >= 0.3 is 0 Å². The van der Waals surface area contributed by atoms with E-state index >= 15 is 0 Å². The predicted octanol–water partition coefficient (Wildman–Crippen LogP) is 4.97. The second-order valence-corrected chi connectivity index (χ2v) is 7.70. The Morgan fingerprint density at radius 2 is 1.78 bits per heavy atom. The van der Waals surface area contributed by atoms with E-state index in [9.17, 15) is 4.79 Å². The molecule has 0 aliphatic carbocycles. The van der Waals surface area contributed by atoms with E-state index < -0.39 is 6.10 Å². The number of carbonyl (C=O) groups is 1. The Bertz CT molecular complexity index is 892. The Morgan fingerprint density at radius 3 is 2.56 bits per heavy atom. The van der Waals surface area contributed by atoms with E-state index in [0.717, 1.165) is 22.3 Å². The molecule has 3 aromatic rings. The third-order valence-electron chi connectivity index (χ3n) is 4.34. The molecule has 0 radical (unpaired) electrons. The van der Waals surface area contributed by atoms with E-state index in [-0.39, 0.29) is 5.91 Å². The molecule has 1 unspecified atom stereocenters. The minimum atomic E-state index is -0.520. The third kappa shape index (κ3) is 5.76. The first kappa shape index (κ1) is 19.3. The van der Waals surface area contributed by atoms with Crippen LogP contribution < -0.4 is 10.1 Å². The molecule has 3 nitrogen and oxygen atoms in total. The predicted molar refractivity (Wildman–Crippen MR) is 114 cm³/mol. The van der Waals surface area contributed by atoms with Gasteiger partial charge in [0.15, 0.2) is 6.10 Å². The number of thioether (sulfide) groups is 1. The first-order valence-corrected chi connectivity index (χ1v) is 10.3. The average Bonchev–Trinajstić information content (AvgIpc) is 2.69. The molecule has 140 valence electrons. The van der Waals surface area contributed by atoms with Crippen molar-refractivity contribution in [3.05, 3.63) is 77.9 Å². The van der Waals surface area contributed by atoms with E-state index in [1.165, 1.54) is 11.1 Å². The number of amides is 1. The summed E-state index contributed by atoms with van der Waals surface area (Å²) in [6.07, 6.45) is -0.520. The SMILES string of the molecule is Cc1ccc(CSCCNC(=O)C(C)Oc2ccc3ccccc3c2)cc1. The van der Waals surface area contributed by atoms with Gasteiger partial charge < -0.3 is 10.1 Å². The number of benzene rings is 3. The van der Waals surface area contributed by atoms with Crippen LogP contribution in [0.1, 0.15) is 18.1 Å². The summed E-state index contributed by atoms with van der Waals surface area (Å²) in [5.41, 5.74) is 2.58. The molecule has 0 aromatic heterocycles. The van der Waals surface area contributed by atoms with Gasteiger partial charge in [-0.25, -0.2) is 0 Å². The zero-order valence-corrected chi connectivity index (χ0v) is 16.6. The third-order valence-corrected chi connectivity index (χ3v) is 5.37. The maximum atomic E-state index is 12.2. The largest absolute Gasteiger partial charge is 0.481 e. The summed E-state index contributed by atoms with van der Waals surface area (Å²) in [5, 5.41) is 5.22. The highest BCUT2D eigenvalue weighted by Crippen LogP contribution is 2.21. The van der Waals surface area contributed by atoms with Gasteiger partial charge in [0.25, 0.3) is 5.91 Å². The van der Waals surface area contributed by atoms with Crippen LogP contribution in [0.5, 0.6) is 5.75 Å². The molecular weight excluding hydrogens is 354 g/mol. The Balaban J connectivity index is 1.40. The lowest BCUT2D eigenvalue weighted by molar-refractivity contribution is -0.127. The fourth-order valence-corrected chi connectivity index (χ4v) is 3.58. The van der Waals surface area contributed by atoms with Crippen LogP contribution in [0, 0.1) is 6.92 Å². The van der Waals surface area contributed by atoms with Crippen LogP contribution in [0.3, 0.4) is 0 Å². The van der Waals surface area contributed by atoms with Gasteiger partial charge in [-0.15, -0.1) is 0 Å². The van der Waals surface area contributed by atoms with Crippen LogP contribution in [0.4, 0.5) is 0 Å². The molecule has 1 atom stereocenters. The van der Waals surface area contributed by atoms with Crippen LogP contribution in [0.2, 0.25) is 0 Å². The Kier molecular flexibility index (Phi) is 6.77. The van der Waals surface area contributed by atoms with Gasteiger partial charge in [0.2, 0.25) is 0 Å². The lowest BCUT2D eigenvalue weighted by Gasteiger charge is -2.15. The Morgan fingerprint density at radius 1 is 1.04 bits per heavy atom. The highest BCUT2D eigenvalue weighted by Gasteiger charge is 2.14. The van der Waals surface area contributed by atoms with Crippen molar-refractivity contribution >= 4 is 28.4 Å². The second kappa shape index (κ2) is 9.47. The number of rotatable bonds is 8. The summed E-state index contributed by atoms with van der Waals surface area (Å²) < 4.78 is 5.80. The summed E-state index contributed by atoms with van der Waals surface area (Å²) >= 11 is 1.82. The normalized spacial score (nSPS) is 11.9. The van der Waals surface area contributed by atoms with Crippen molar-refractivity contribution < 1.29 is 9.53 Å². The number of fused-ring (bicyclic) bond motifs is 1. The van der Waals surface area contributed by atoms with E-state index in [4.69, 9.17) is 4.74 Å². The van der Waals surface area contributed by atoms with Crippen LogP contribution in [-0.2, 0) is 10.5 Å². The van der Waals surface area contributed by atoms with Crippen molar-refractivity contribution in [3.8, 4) is 5.75 Å². The molecule has 0 bridgehead atoms. The number of aryl methyl sites for hydroxylation is 1. The van der Waals surface area contributed by atoms with E-state index in [2.05, 4.69) is 42.6 Å². The van der Waals surface area contributed by atoms with Crippen LogP contribution in [-0.4, -0.2) is 24.3 Å². The smallest absolute Gasteiger partial charge is 0.260 e. The lowest BCUT2D eigenvalue weighted by Crippen LogP contribution is -2.37. The summed E-state index contributed by atoms with van der Waals surface area (Å²) in [5.74, 6) is 2.46. The van der Waals surface area contributed by atoms with Crippen LogP contribution >= 0.6 is 11.8 Å². The zero-order valence-electron chi connectivity index (χ0n) is 15.8. The van der Waals surface area contributed by atoms with Gasteiger partial charge in [-0.1, -0.05) is 60.2 Å². The first-order valence-electron chi connectivity index (χ1n) is 9.18. The molecule has 3 aromatic carbocycles. The monoisotopic (exact) mass is 379 g/mol. The zero-order chi connectivity index (χ0) is 19.1. The summed E-state index contributed by atoms with van der Waals surface area (Å²) in [6.45, 7) is 4.51. The molecule has 0 spiro atoms. The average molecular weight is 380 g/mol. The van der Waals surface area contributed by atoms with E-state index in [1.54, 1.807) is 6.92 Å². The molecule has 27 heavy (non-hydrogen) atoms. The molecule has 0 heterocycles. The van der Waals surface area contributed by atoms with Crippen LogP contribution in [0.15, 0.2) is 66.7 Å². The van der Waals surface area contributed by atoms with Crippen molar-refractivity contribution in [3.63, 3.8) is 0 Å². The minimum absolute atomic E-state index is 0.0842. The Hall–Kier alpha value is -2.46. The number of hydrogen-bond acceptors (Lipinski definition) is 3. The van der Waals surface area contributed by atoms with Crippen molar-refractivity contribution in [1.29, 1.82) is 0 Å². The first-order chi connectivity index (χ1) is 13.1. The minimum Gasteiger partial charge on any atom is -0.481 e. The maximum absolute atomic E-state index is 12.2.